The highest BCUT2D eigenvalue weighted by Crippen LogP contribution is 2.12. The predicted molar refractivity (Wildman–Crippen MR) is 65.4 cm³/mol. The highest BCUT2D eigenvalue weighted by Gasteiger charge is 1.95. The average molecular weight is 246 g/mol. The SMILES string of the molecule is COc1cccc(CCN=C(N)NO)c1.Cl. The van der Waals surface area contributed by atoms with Gasteiger partial charge in [0.25, 0.3) is 0 Å². The maximum Gasteiger partial charge on any atom is 0.212 e. The number of halogens is 1. The Morgan fingerprint density at radius 2 is 2.31 bits per heavy atom. The number of rotatable bonds is 4. The number of aliphatic imine (C=N–C) groups is 1. The van der Waals surface area contributed by atoms with Crippen molar-refractivity contribution in [3.8, 4) is 5.75 Å². The molecule has 0 aromatic heterocycles. The Morgan fingerprint density at radius 3 is 2.94 bits per heavy atom. The largest absolute Gasteiger partial charge is 0.497 e. The summed E-state index contributed by atoms with van der Waals surface area (Å²) < 4.78 is 5.09. The van der Waals surface area contributed by atoms with Gasteiger partial charge in [-0.25, -0.2) is 5.48 Å². The van der Waals surface area contributed by atoms with Crippen molar-refractivity contribution in [3.05, 3.63) is 29.8 Å². The van der Waals surface area contributed by atoms with Gasteiger partial charge in [-0.05, 0) is 24.1 Å². The van der Waals surface area contributed by atoms with Gasteiger partial charge in [0.05, 0.1) is 7.11 Å². The molecular weight excluding hydrogens is 230 g/mol. The second-order valence-corrected chi connectivity index (χ2v) is 2.98. The molecule has 1 rings (SSSR count). The van der Waals surface area contributed by atoms with Gasteiger partial charge in [-0.2, -0.15) is 0 Å². The van der Waals surface area contributed by atoms with Crippen molar-refractivity contribution in [1.82, 2.24) is 5.48 Å². The normalized spacial score (nSPS) is 10.5. The summed E-state index contributed by atoms with van der Waals surface area (Å²) in [7, 11) is 1.63. The van der Waals surface area contributed by atoms with Gasteiger partial charge in [0.2, 0.25) is 5.96 Å². The number of nitrogens with two attached hydrogens (primary N) is 1. The second-order valence-electron chi connectivity index (χ2n) is 2.98. The quantitative estimate of drug-likeness (QED) is 0.419. The van der Waals surface area contributed by atoms with Gasteiger partial charge < -0.3 is 10.5 Å². The van der Waals surface area contributed by atoms with Gasteiger partial charge in [-0.15, -0.1) is 12.4 Å². The van der Waals surface area contributed by atoms with Gasteiger partial charge in [0, 0.05) is 6.54 Å². The number of hydroxylamine groups is 1. The van der Waals surface area contributed by atoms with E-state index in [0.717, 1.165) is 17.7 Å². The Hall–Kier alpha value is -1.46. The monoisotopic (exact) mass is 245 g/mol. The minimum Gasteiger partial charge on any atom is -0.497 e. The Morgan fingerprint density at radius 1 is 1.56 bits per heavy atom. The van der Waals surface area contributed by atoms with Crippen LogP contribution in [0.25, 0.3) is 0 Å². The van der Waals surface area contributed by atoms with E-state index < -0.39 is 0 Å². The van der Waals surface area contributed by atoms with Gasteiger partial charge in [0.1, 0.15) is 5.75 Å². The van der Waals surface area contributed by atoms with E-state index >= 15 is 0 Å². The fourth-order valence-electron chi connectivity index (χ4n) is 1.17. The maximum absolute atomic E-state index is 8.39. The Bertz CT molecular complexity index is 345. The topological polar surface area (TPSA) is 79.9 Å². The minimum absolute atomic E-state index is 0. The molecule has 0 bridgehead atoms. The molecule has 0 saturated carbocycles. The molecule has 5 nitrogen and oxygen atoms in total. The third kappa shape index (κ3) is 4.86. The number of guanidine groups is 1. The van der Waals surface area contributed by atoms with Crippen LogP contribution in [0.15, 0.2) is 29.3 Å². The lowest BCUT2D eigenvalue weighted by atomic mass is 10.1. The molecule has 0 aliphatic rings. The lowest BCUT2D eigenvalue weighted by molar-refractivity contribution is 0.232. The maximum atomic E-state index is 8.39. The Balaban J connectivity index is 0.00000225. The summed E-state index contributed by atoms with van der Waals surface area (Å²) >= 11 is 0. The van der Waals surface area contributed by atoms with Crippen molar-refractivity contribution in [1.29, 1.82) is 0 Å². The van der Waals surface area contributed by atoms with E-state index in [9.17, 15) is 0 Å². The summed E-state index contributed by atoms with van der Waals surface area (Å²) in [5.74, 6) is 0.850. The lowest BCUT2D eigenvalue weighted by Crippen LogP contribution is -2.28. The molecule has 6 heteroatoms. The molecule has 16 heavy (non-hydrogen) atoms. The van der Waals surface area contributed by atoms with Crippen molar-refractivity contribution < 1.29 is 9.94 Å². The highest BCUT2D eigenvalue weighted by atomic mass is 35.5. The molecule has 0 unspecified atom stereocenters. The number of hydrogen-bond donors (Lipinski definition) is 3. The molecule has 0 radical (unpaired) electrons. The zero-order chi connectivity index (χ0) is 11.1. The number of methoxy groups -OCH3 is 1. The first-order chi connectivity index (χ1) is 7.26. The molecule has 4 N–H and O–H groups in total. The van der Waals surface area contributed by atoms with E-state index in [0.29, 0.717) is 6.54 Å². The molecule has 0 heterocycles. The Kier molecular flexibility index (Phi) is 7.07. The Labute approximate surface area is 101 Å². The molecule has 0 fully saturated rings. The number of ether oxygens (including phenoxy) is 1. The molecular formula is C10H16ClN3O2. The summed E-state index contributed by atoms with van der Waals surface area (Å²) in [6.07, 6.45) is 0.750. The van der Waals surface area contributed by atoms with Crippen LogP contribution in [0.4, 0.5) is 0 Å². The van der Waals surface area contributed by atoms with Crippen LogP contribution in [0.1, 0.15) is 5.56 Å². The number of benzene rings is 1. The molecule has 0 spiro atoms. The van der Waals surface area contributed by atoms with Crippen LogP contribution in [-0.2, 0) is 6.42 Å². The van der Waals surface area contributed by atoms with Crippen molar-refractivity contribution in [3.63, 3.8) is 0 Å². The number of nitrogens with one attached hydrogen (secondary N) is 1. The zero-order valence-corrected chi connectivity index (χ0v) is 9.83. The van der Waals surface area contributed by atoms with E-state index in [1.807, 2.05) is 24.3 Å². The molecule has 1 aromatic rings. The standard InChI is InChI=1S/C10H15N3O2.ClH/c1-15-9-4-2-3-8(7-9)5-6-12-10(11)13-14;/h2-4,7,14H,5-6H2,1H3,(H3,11,12,13);1H. The van der Waals surface area contributed by atoms with Gasteiger partial charge in [-0.1, -0.05) is 12.1 Å². The molecule has 0 amide bonds. The van der Waals surface area contributed by atoms with Crippen molar-refractivity contribution in [2.75, 3.05) is 13.7 Å². The van der Waals surface area contributed by atoms with E-state index in [4.69, 9.17) is 15.7 Å². The molecule has 0 atom stereocenters. The summed E-state index contributed by atoms with van der Waals surface area (Å²) in [6.45, 7) is 0.520. The van der Waals surface area contributed by atoms with Crippen LogP contribution >= 0.6 is 12.4 Å². The van der Waals surface area contributed by atoms with Crippen LogP contribution in [0.3, 0.4) is 0 Å². The average Bonchev–Trinajstić information content (AvgIpc) is 2.29. The smallest absolute Gasteiger partial charge is 0.212 e. The zero-order valence-electron chi connectivity index (χ0n) is 9.01. The summed E-state index contributed by atoms with van der Waals surface area (Å²) in [5.41, 5.74) is 8.15. The van der Waals surface area contributed by atoms with Crippen molar-refractivity contribution in [2.45, 2.75) is 6.42 Å². The first kappa shape index (κ1) is 14.5. The molecule has 90 valence electrons. The fraction of sp³-hybridized carbons (Fsp3) is 0.300. The number of nitrogens with zero attached hydrogens (tertiary/aromatic N) is 1. The van der Waals surface area contributed by atoms with E-state index in [-0.39, 0.29) is 18.4 Å². The first-order valence-electron chi connectivity index (χ1n) is 4.59. The third-order valence-corrected chi connectivity index (χ3v) is 1.93. The van der Waals surface area contributed by atoms with E-state index in [1.165, 1.54) is 0 Å². The van der Waals surface area contributed by atoms with E-state index in [1.54, 1.807) is 12.6 Å². The predicted octanol–water partition coefficient (Wildman–Crippen LogP) is 0.953. The molecule has 0 aliphatic heterocycles. The third-order valence-electron chi connectivity index (χ3n) is 1.93. The van der Waals surface area contributed by atoms with Crippen LogP contribution in [-0.4, -0.2) is 24.8 Å². The molecule has 1 aromatic carbocycles. The fourth-order valence-corrected chi connectivity index (χ4v) is 1.17. The molecule has 0 aliphatic carbocycles. The van der Waals surface area contributed by atoms with Crippen molar-refractivity contribution in [2.24, 2.45) is 10.7 Å². The molecule has 0 saturated heterocycles. The van der Waals surface area contributed by atoms with Crippen LogP contribution in [0.5, 0.6) is 5.75 Å². The highest BCUT2D eigenvalue weighted by molar-refractivity contribution is 5.85. The van der Waals surface area contributed by atoms with Crippen LogP contribution < -0.4 is 16.0 Å². The van der Waals surface area contributed by atoms with Crippen molar-refractivity contribution >= 4 is 18.4 Å². The van der Waals surface area contributed by atoms with Gasteiger partial charge in [0.15, 0.2) is 0 Å². The van der Waals surface area contributed by atoms with Crippen LogP contribution in [0.2, 0.25) is 0 Å². The van der Waals surface area contributed by atoms with Gasteiger partial charge in [-0.3, -0.25) is 10.2 Å². The second kappa shape index (κ2) is 7.78. The summed E-state index contributed by atoms with van der Waals surface area (Å²) in [4.78, 5) is 3.89. The van der Waals surface area contributed by atoms with Gasteiger partial charge >= 0.3 is 0 Å². The summed E-state index contributed by atoms with van der Waals surface area (Å²) in [5, 5.41) is 8.39. The first-order valence-corrected chi connectivity index (χ1v) is 4.59. The minimum atomic E-state index is 0. The van der Waals surface area contributed by atoms with E-state index in [2.05, 4.69) is 4.99 Å². The summed E-state index contributed by atoms with van der Waals surface area (Å²) in [6, 6.07) is 7.74. The van der Waals surface area contributed by atoms with Crippen LogP contribution in [0, 0.1) is 0 Å². The lowest BCUT2D eigenvalue weighted by Gasteiger charge is -2.03. The number of hydrogen-bond acceptors (Lipinski definition) is 3.